The maximum Gasteiger partial charge on any atom is 0.154 e. The molecule has 5 heavy (non-hydrogen) atoms. The van der Waals surface area contributed by atoms with Crippen LogP contribution in [0.5, 0.6) is 0 Å². The summed E-state index contributed by atoms with van der Waals surface area (Å²) in [6.45, 7) is 0. The zero-order valence-corrected chi connectivity index (χ0v) is 2.99. The summed E-state index contributed by atoms with van der Waals surface area (Å²) in [5, 5.41) is 0. The van der Waals surface area contributed by atoms with Crippen molar-refractivity contribution in [2.24, 2.45) is 5.64 Å². The van der Waals surface area contributed by atoms with Crippen molar-refractivity contribution in [3.05, 3.63) is 0 Å². The molecule has 0 heterocycles. The molecule has 0 aromatic rings. The van der Waals surface area contributed by atoms with Gasteiger partial charge in [-0.1, -0.05) is 0 Å². The molecule has 0 aliphatic carbocycles. The van der Waals surface area contributed by atoms with Crippen LogP contribution >= 0.6 is 0 Å². The highest BCUT2D eigenvalue weighted by atomic mass is 14.3. The first-order chi connectivity index (χ1) is 1.41. The molecule has 0 rings (SSSR count). The summed E-state index contributed by atoms with van der Waals surface area (Å²) >= 11 is 0. The van der Waals surface area contributed by atoms with Gasteiger partial charge in [0.15, 0.2) is 7.31 Å². The molecular formula is H11B3N2. The van der Waals surface area contributed by atoms with E-state index in [0.29, 0.717) is 0 Å². The molecule has 0 bridgehead atoms. The summed E-state index contributed by atoms with van der Waals surface area (Å²) in [6.07, 6.45) is 0. The van der Waals surface area contributed by atoms with Crippen LogP contribution in [0.3, 0.4) is 0 Å². The van der Waals surface area contributed by atoms with Gasteiger partial charge < -0.3 is 11.8 Å². The van der Waals surface area contributed by atoms with Crippen LogP contribution in [-0.2, 0) is 0 Å². The van der Waals surface area contributed by atoms with Crippen LogP contribution in [0.4, 0.5) is 0 Å². The Bertz CT molecular complexity index is 4.85. The van der Waals surface area contributed by atoms with E-state index in [1.165, 1.54) is 0 Å². The van der Waals surface area contributed by atoms with Gasteiger partial charge in [0.2, 0.25) is 0 Å². The predicted octanol–water partition coefficient (Wildman–Crippen LogP) is -3.18. The van der Waals surface area contributed by atoms with Crippen LogP contribution in [0.2, 0.25) is 0 Å². The van der Waals surface area contributed by atoms with E-state index in [2.05, 4.69) is 0 Å². The summed E-state index contributed by atoms with van der Waals surface area (Å²) in [5.74, 6) is 0. The van der Waals surface area contributed by atoms with Crippen molar-refractivity contribution in [3.63, 3.8) is 0 Å². The van der Waals surface area contributed by atoms with E-state index in [0.717, 1.165) is 7.31 Å². The third-order valence-electron chi connectivity index (χ3n) is 0. The van der Waals surface area contributed by atoms with E-state index in [4.69, 9.17) is 5.64 Å². The zero-order valence-electron chi connectivity index (χ0n) is 2.99. The van der Waals surface area contributed by atoms with Crippen molar-refractivity contribution in [2.75, 3.05) is 0 Å². The molecule has 0 aromatic heterocycles. The predicted molar refractivity (Wildman–Crippen MR) is 34.8 cm³/mol. The number of rotatable bonds is 0. The second-order valence-corrected chi connectivity index (χ2v) is 0.408. The van der Waals surface area contributed by atoms with E-state index in [1.807, 2.05) is 7.74 Å². The topological polar surface area (TPSA) is 61.0 Å². The van der Waals surface area contributed by atoms with E-state index in [9.17, 15) is 0 Å². The van der Waals surface area contributed by atoms with Crippen LogP contribution < -0.4 is 11.8 Å². The van der Waals surface area contributed by atoms with Gasteiger partial charge in [0.25, 0.3) is 0 Å². The minimum absolute atomic E-state index is 0. The maximum absolute atomic E-state index is 4.85. The first-order valence-electron chi connectivity index (χ1n) is 1.12. The minimum Gasteiger partial charge on any atom is -0.379 e. The first-order valence-corrected chi connectivity index (χ1v) is 1.12. The van der Waals surface area contributed by atoms with Crippen LogP contribution in [0, 0.1) is 0 Å². The minimum atomic E-state index is 0. The summed E-state index contributed by atoms with van der Waals surface area (Å²) in [4.78, 5) is 0. The molecule has 0 saturated heterocycles. The lowest BCUT2D eigenvalue weighted by Crippen LogP contribution is -2.01. The van der Waals surface area contributed by atoms with Gasteiger partial charge in [0.1, 0.15) is 0 Å². The second-order valence-electron chi connectivity index (χ2n) is 0.408. The highest BCUT2D eigenvalue weighted by molar-refractivity contribution is 6.87. The molecule has 30 valence electrons. The molecular weight excluding hydrogens is 60.4 g/mol. The molecule has 0 saturated carbocycles. The zero-order chi connectivity index (χ0) is 2.71. The lowest BCUT2D eigenvalue weighted by atomic mass is 9.69. The Morgan fingerprint density at radius 1 is 1.60 bits per heavy atom. The molecule has 0 fully saturated rings. The molecule has 0 spiro atoms. The Morgan fingerprint density at radius 3 is 1.60 bits per heavy atom. The van der Waals surface area contributed by atoms with Gasteiger partial charge in [-0.2, -0.15) is 0 Å². The normalized spacial score (nSPS) is 2.60. The van der Waals surface area contributed by atoms with Crippen molar-refractivity contribution in [3.8, 4) is 0 Å². The van der Waals surface area contributed by atoms with Gasteiger partial charge in [0, 0.05) is 0 Å². The standard InChI is InChI=1S/B2H5N.BH3.H3N/c1-2-3;;/h2H,1,3H2;2*1H3. The highest BCUT2D eigenvalue weighted by Gasteiger charge is 1.44. The van der Waals surface area contributed by atoms with Crippen LogP contribution in [-0.4, -0.2) is 23.5 Å². The van der Waals surface area contributed by atoms with Crippen LogP contribution in [0.1, 0.15) is 0 Å². The lowest BCUT2D eigenvalue weighted by Gasteiger charge is -1.44. The summed E-state index contributed by atoms with van der Waals surface area (Å²) < 4.78 is 0. The van der Waals surface area contributed by atoms with Crippen molar-refractivity contribution < 1.29 is 0 Å². The maximum atomic E-state index is 4.85. The third-order valence-corrected chi connectivity index (χ3v) is 0. The average Bonchev–Trinajstić information content (AvgIpc) is 0.918. The Balaban J connectivity index is -0.0000000200. The smallest absolute Gasteiger partial charge is 0.154 e. The first kappa shape index (κ1) is 19.4. The van der Waals surface area contributed by atoms with Gasteiger partial charge in [0.05, 0.1) is 16.2 Å². The largest absolute Gasteiger partial charge is 0.379 e. The van der Waals surface area contributed by atoms with Crippen molar-refractivity contribution in [2.45, 2.75) is 0 Å². The Hall–Kier alpha value is 0.115. The molecule has 0 unspecified atom stereocenters. The van der Waals surface area contributed by atoms with Gasteiger partial charge in [-0.15, -0.1) is 0 Å². The summed E-state index contributed by atoms with van der Waals surface area (Å²) in [5.41, 5.74) is 4.85. The quantitative estimate of drug-likeness (QED) is 0.296. The van der Waals surface area contributed by atoms with Crippen molar-refractivity contribution in [1.29, 1.82) is 0 Å². The van der Waals surface area contributed by atoms with Crippen LogP contribution in [0.25, 0.3) is 0 Å². The molecule has 0 atom stereocenters. The second kappa shape index (κ2) is 32.1. The molecule has 0 aromatic carbocycles. The molecule has 0 radical (unpaired) electrons. The molecule has 0 aliphatic rings. The van der Waals surface area contributed by atoms with Crippen molar-refractivity contribution in [1.82, 2.24) is 6.15 Å². The van der Waals surface area contributed by atoms with Crippen LogP contribution in [0.15, 0.2) is 0 Å². The lowest BCUT2D eigenvalue weighted by molar-refractivity contribution is 1.98. The number of hydrogen-bond acceptors (Lipinski definition) is 2. The van der Waals surface area contributed by atoms with E-state index in [1.54, 1.807) is 0 Å². The molecule has 0 amide bonds. The molecule has 0 aliphatic heterocycles. The number of nitrogens with two attached hydrogens (primary N) is 1. The third kappa shape index (κ3) is 1400. The fourth-order valence-electron chi connectivity index (χ4n) is 0. The molecule has 2 nitrogen and oxygen atoms in total. The van der Waals surface area contributed by atoms with Gasteiger partial charge in [-0.05, 0) is 0 Å². The summed E-state index contributed by atoms with van der Waals surface area (Å²) in [6, 6.07) is 0. The number of hydrogen-bond donors (Lipinski definition) is 2. The van der Waals surface area contributed by atoms with E-state index in [-0.39, 0.29) is 14.6 Å². The average molecular weight is 71.5 g/mol. The Kier molecular flexibility index (Phi) is 124. The fraction of sp³-hybridized carbons (Fsp3) is 0. The SMILES string of the molecule is B.BBN.N. The van der Waals surface area contributed by atoms with E-state index < -0.39 is 0 Å². The molecule has 5 heteroatoms. The van der Waals surface area contributed by atoms with Gasteiger partial charge >= 0.3 is 0 Å². The molecule has 5 N–H and O–H groups in total. The monoisotopic (exact) mass is 72.1 g/mol. The van der Waals surface area contributed by atoms with Gasteiger partial charge in [-0.3, -0.25) is 0 Å². The van der Waals surface area contributed by atoms with Crippen molar-refractivity contribution >= 4 is 23.5 Å². The summed E-state index contributed by atoms with van der Waals surface area (Å²) in [7, 11) is 2.65. The highest BCUT2D eigenvalue weighted by Crippen LogP contribution is 0.912. The Labute approximate surface area is 36.3 Å². The van der Waals surface area contributed by atoms with Gasteiger partial charge in [-0.25, -0.2) is 0 Å². The Morgan fingerprint density at radius 2 is 1.60 bits per heavy atom. The fourth-order valence-corrected chi connectivity index (χ4v) is 0. The van der Waals surface area contributed by atoms with E-state index >= 15 is 0 Å².